The second-order valence-electron chi connectivity index (χ2n) is 8.42. The lowest BCUT2D eigenvalue weighted by Gasteiger charge is -2.36. The van der Waals surface area contributed by atoms with Crippen LogP contribution in [-0.2, 0) is 11.8 Å². The maximum Gasteiger partial charge on any atom is 0.115 e. The molecule has 33 heavy (non-hydrogen) atoms. The van der Waals surface area contributed by atoms with Crippen LogP contribution in [0.4, 0.5) is 0 Å². The average Bonchev–Trinajstić information content (AvgIpc) is 2.83. The van der Waals surface area contributed by atoms with Crippen molar-refractivity contribution < 1.29 is 20.4 Å². The first kappa shape index (κ1) is 22.3. The van der Waals surface area contributed by atoms with Gasteiger partial charge in [-0.2, -0.15) is 0 Å². The molecule has 4 aromatic rings. The summed E-state index contributed by atoms with van der Waals surface area (Å²) in [6, 6.07) is 29.1. The molecule has 0 aliphatic carbocycles. The maximum atomic E-state index is 9.91. The van der Waals surface area contributed by atoms with Gasteiger partial charge in [0.1, 0.15) is 23.0 Å². The van der Waals surface area contributed by atoms with Crippen LogP contribution in [0, 0.1) is 0 Å². The summed E-state index contributed by atoms with van der Waals surface area (Å²) in [6.07, 6.45) is 3.58. The molecule has 0 heterocycles. The van der Waals surface area contributed by atoms with Crippen molar-refractivity contribution in [3.8, 4) is 23.0 Å². The van der Waals surface area contributed by atoms with Crippen LogP contribution in [0.2, 0.25) is 0 Å². The largest absolute Gasteiger partial charge is 0.508 e. The third kappa shape index (κ3) is 4.96. The molecule has 0 amide bonds. The molecule has 4 N–H and O–H groups in total. The van der Waals surface area contributed by atoms with Gasteiger partial charge in [0.15, 0.2) is 0 Å². The Hall–Kier alpha value is -3.92. The Balaban J connectivity index is 1.73. The van der Waals surface area contributed by atoms with Crippen molar-refractivity contribution in [3.05, 3.63) is 119 Å². The summed E-state index contributed by atoms with van der Waals surface area (Å²) in [4.78, 5) is 0. The molecule has 4 rings (SSSR count). The van der Waals surface area contributed by atoms with Gasteiger partial charge in [-0.15, -0.1) is 0 Å². The predicted molar refractivity (Wildman–Crippen MR) is 130 cm³/mol. The highest BCUT2D eigenvalue weighted by molar-refractivity contribution is 5.52. The molecular formula is C29H28O4. The molecular weight excluding hydrogens is 412 g/mol. The number of benzene rings is 4. The molecule has 0 aliphatic rings. The fraction of sp³-hybridized carbons (Fsp3) is 0.172. The van der Waals surface area contributed by atoms with Crippen LogP contribution in [0.5, 0.6) is 23.0 Å². The van der Waals surface area contributed by atoms with E-state index >= 15 is 0 Å². The minimum Gasteiger partial charge on any atom is -0.508 e. The molecule has 4 nitrogen and oxygen atoms in total. The van der Waals surface area contributed by atoms with E-state index in [0.29, 0.717) is 0 Å². The molecule has 168 valence electrons. The van der Waals surface area contributed by atoms with Gasteiger partial charge in [-0.25, -0.2) is 0 Å². The van der Waals surface area contributed by atoms with E-state index in [-0.39, 0.29) is 23.0 Å². The van der Waals surface area contributed by atoms with Gasteiger partial charge in [0, 0.05) is 5.41 Å². The second-order valence-corrected chi connectivity index (χ2v) is 8.42. The van der Waals surface area contributed by atoms with E-state index in [4.69, 9.17) is 0 Å². The van der Waals surface area contributed by atoms with Gasteiger partial charge in [-0.3, -0.25) is 0 Å². The van der Waals surface area contributed by atoms with Crippen molar-refractivity contribution in [2.45, 2.75) is 31.1 Å². The topological polar surface area (TPSA) is 80.9 Å². The molecule has 0 saturated carbocycles. The van der Waals surface area contributed by atoms with Gasteiger partial charge in [-0.1, -0.05) is 55.0 Å². The van der Waals surface area contributed by atoms with Crippen LogP contribution < -0.4 is 0 Å². The number of rotatable bonds is 8. The highest BCUT2D eigenvalue weighted by Crippen LogP contribution is 2.44. The number of phenols is 4. The minimum absolute atomic E-state index is 0.205. The second kappa shape index (κ2) is 9.70. The van der Waals surface area contributed by atoms with Crippen LogP contribution >= 0.6 is 0 Å². The SMILES string of the molecule is Oc1ccc(CCCCC(c2ccc(O)cc2)(c2ccc(O)cc2)c2ccc(O)cc2)cc1. The summed E-state index contributed by atoms with van der Waals surface area (Å²) < 4.78 is 0. The molecule has 0 aromatic heterocycles. The Morgan fingerprint density at radius 3 is 1.12 bits per heavy atom. The van der Waals surface area contributed by atoms with E-state index in [2.05, 4.69) is 0 Å². The summed E-state index contributed by atoms with van der Waals surface area (Å²) in [5.41, 5.74) is 3.74. The lowest BCUT2D eigenvalue weighted by atomic mass is 9.66. The Bertz CT molecular complexity index is 1050. The van der Waals surface area contributed by atoms with Gasteiger partial charge in [0.25, 0.3) is 0 Å². The van der Waals surface area contributed by atoms with E-state index in [1.165, 1.54) is 5.56 Å². The average molecular weight is 441 g/mol. The highest BCUT2D eigenvalue weighted by atomic mass is 16.3. The number of aromatic hydroxyl groups is 4. The fourth-order valence-corrected chi connectivity index (χ4v) is 4.55. The van der Waals surface area contributed by atoms with Crippen molar-refractivity contribution in [2.24, 2.45) is 0 Å². The molecule has 0 bridgehead atoms. The molecule has 4 heteroatoms. The molecule has 0 radical (unpaired) electrons. The number of unbranched alkanes of at least 4 members (excludes halogenated alkanes) is 1. The zero-order valence-corrected chi connectivity index (χ0v) is 18.4. The first-order valence-electron chi connectivity index (χ1n) is 11.1. The van der Waals surface area contributed by atoms with E-state index in [9.17, 15) is 20.4 Å². The van der Waals surface area contributed by atoms with Crippen LogP contribution in [0.25, 0.3) is 0 Å². The number of aryl methyl sites for hydroxylation is 1. The highest BCUT2D eigenvalue weighted by Gasteiger charge is 2.36. The molecule has 0 fully saturated rings. The fourth-order valence-electron chi connectivity index (χ4n) is 4.55. The smallest absolute Gasteiger partial charge is 0.115 e. The standard InChI is InChI=1S/C29H28O4/c30-25-12-4-21(5-13-25)3-1-2-20-29(22-6-14-26(31)15-7-22,23-8-16-27(32)17-9-23)24-10-18-28(33)19-11-24/h4-19,30-33H,1-3,20H2. The van der Waals surface area contributed by atoms with Crippen LogP contribution in [0.15, 0.2) is 97.1 Å². The van der Waals surface area contributed by atoms with Gasteiger partial charge in [0.2, 0.25) is 0 Å². The van der Waals surface area contributed by atoms with E-state index < -0.39 is 5.41 Å². The van der Waals surface area contributed by atoms with Gasteiger partial charge < -0.3 is 20.4 Å². The maximum absolute atomic E-state index is 9.91. The Morgan fingerprint density at radius 2 is 0.758 bits per heavy atom. The van der Waals surface area contributed by atoms with Crippen molar-refractivity contribution in [3.63, 3.8) is 0 Å². The summed E-state index contributed by atoms with van der Waals surface area (Å²) in [5.74, 6) is 0.883. The summed E-state index contributed by atoms with van der Waals surface area (Å²) in [7, 11) is 0. The third-order valence-corrected chi connectivity index (χ3v) is 6.28. The molecule has 0 aliphatic heterocycles. The summed E-state index contributed by atoms with van der Waals surface area (Å²) in [5, 5.41) is 39.3. The molecule has 0 atom stereocenters. The van der Waals surface area contributed by atoms with Crippen LogP contribution in [0.1, 0.15) is 41.5 Å². The van der Waals surface area contributed by atoms with Gasteiger partial charge >= 0.3 is 0 Å². The lowest BCUT2D eigenvalue weighted by molar-refractivity contribution is 0.469. The van der Waals surface area contributed by atoms with Crippen LogP contribution in [-0.4, -0.2) is 20.4 Å². The number of hydrogen-bond acceptors (Lipinski definition) is 4. The third-order valence-electron chi connectivity index (χ3n) is 6.28. The van der Waals surface area contributed by atoms with Crippen molar-refractivity contribution in [1.29, 1.82) is 0 Å². The van der Waals surface area contributed by atoms with Gasteiger partial charge in [0.05, 0.1) is 0 Å². The summed E-state index contributed by atoms with van der Waals surface area (Å²) in [6.45, 7) is 0. The van der Waals surface area contributed by atoms with Crippen molar-refractivity contribution in [1.82, 2.24) is 0 Å². The Labute approximate surface area is 194 Å². The minimum atomic E-state index is -0.524. The molecule has 0 saturated heterocycles. The predicted octanol–water partition coefficient (Wildman–Crippen LogP) is 6.26. The quantitative estimate of drug-likeness (QED) is 0.193. The molecule has 0 unspecified atom stereocenters. The number of phenolic OH excluding ortho intramolecular Hbond substituents is 4. The molecule has 4 aromatic carbocycles. The monoisotopic (exact) mass is 440 g/mol. The van der Waals surface area contributed by atoms with Crippen LogP contribution in [0.3, 0.4) is 0 Å². The zero-order valence-electron chi connectivity index (χ0n) is 18.4. The Kier molecular flexibility index (Phi) is 6.55. The lowest BCUT2D eigenvalue weighted by Crippen LogP contribution is -2.29. The first-order chi connectivity index (χ1) is 16.0. The zero-order chi connectivity index (χ0) is 23.3. The number of hydrogen-bond donors (Lipinski definition) is 4. The van der Waals surface area contributed by atoms with Crippen molar-refractivity contribution >= 4 is 0 Å². The van der Waals surface area contributed by atoms with Crippen molar-refractivity contribution in [2.75, 3.05) is 0 Å². The first-order valence-corrected chi connectivity index (χ1v) is 11.1. The van der Waals surface area contributed by atoms with E-state index in [1.807, 2.05) is 48.5 Å². The molecule has 0 spiro atoms. The summed E-state index contributed by atoms with van der Waals surface area (Å²) >= 11 is 0. The normalized spacial score (nSPS) is 11.4. The Morgan fingerprint density at radius 1 is 0.424 bits per heavy atom. The van der Waals surface area contributed by atoms with E-state index in [0.717, 1.165) is 42.4 Å². The van der Waals surface area contributed by atoms with E-state index in [1.54, 1.807) is 48.5 Å². The van der Waals surface area contributed by atoms with Gasteiger partial charge in [-0.05, 0) is 90.0 Å².